The zero-order valence-electron chi connectivity index (χ0n) is 7.84. The van der Waals surface area contributed by atoms with E-state index >= 15 is 0 Å². The minimum absolute atomic E-state index is 0.471. The molecule has 1 aliphatic heterocycles. The molecular weight excluding hydrogens is 138 g/mol. The fraction of sp³-hybridized carbons (Fsp3) is 1.00. The second kappa shape index (κ2) is 4.07. The van der Waals surface area contributed by atoms with Gasteiger partial charge in [-0.3, -0.25) is 4.90 Å². The molecule has 2 heteroatoms. The first kappa shape index (κ1) is 9.01. The van der Waals surface area contributed by atoms with Crippen LogP contribution < -0.4 is 0 Å². The maximum Gasteiger partial charge on any atom is 0.0728 e. The Balaban J connectivity index is 2.48. The zero-order valence-corrected chi connectivity index (χ0v) is 7.84. The molecule has 0 aromatic heterocycles. The van der Waals surface area contributed by atoms with Crippen molar-refractivity contribution in [3.05, 3.63) is 0 Å². The second-order valence-corrected chi connectivity index (χ2v) is 3.27. The quantitative estimate of drug-likeness (QED) is 0.602. The van der Waals surface area contributed by atoms with Crippen LogP contribution in [0.15, 0.2) is 0 Å². The first-order valence-electron chi connectivity index (χ1n) is 4.61. The summed E-state index contributed by atoms with van der Waals surface area (Å²) in [4.78, 5) is 2.41. The van der Waals surface area contributed by atoms with Gasteiger partial charge >= 0.3 is 0 Å². The van der Waals surface area contributed by atoms with Gasteiger partial charge in [0.2, 0.25) is 0 Å². The van der Waals surface area contributed by atoms with Crippen molar-refractivity contribution in [2.24, 2.45) is 0 Å². The summed E-state index contributed by atoms with van der Waals surface area (Å²) < 4.78 is 5.66. The van der Waals surface area contributed by atoms with Gasteiger partial charge in [-0.2, -0.15) is 0 Å². The first-order valence-corrected chi connectivity index (χ1v) is 4.61. The van der Waals surface area contributed by atoms with Crippen molar-refractivity contribution in [3.8, 4) is 0 Å². The van der Waals surface area contributed by atoms with Crippen LogP contribution in [0.5, 0.6) is 0 Å². The van der Waals surface area contributed by atoms with E-state index in [-0.39, 0.29) is 0 Å². The van der Waals surface area contributed by atoms with Crippen LogP contribution in [-0.4, -0.2) is 37.2 Å². The van der Waals surface area contributed by atoms with Gasteiger partial charge in [0.25, 0.3) is 0 Å². The van der Waals surface area contributed by atoms with Crippen LogP contribution in [0.4, 0.5) is 0 Å². The highest BCUT2D eigenvalue weighted by molar-refractivity contribution is 4.79. The van der Waals surface area contributed by atoms with Crippen molar-refractivity contribution < 1.29 is 4.74 Å². The van der Waals surface area contributed by atoms with Gasteiger partial charge in [0.05, 0.1) is 12.7 Å². The molecule has 2 atom stereocenters. The number of hydrogen-bond acceptors (Lipinski definition) is 2. The maximum absolute atomic E-state index is 5.66. The molecule has 11 heavy (non-hydrogen) atoms. The molecule has 66 valence electrons. The number of ether oxygens (including phenoxy) is 1. The molecule has 1 saturated heterocycles. The minimum Gasteiger partial charge on any atom is -0.375 e. The first-order chi connectivity index (χ1) is 5.29. The molecule has 0 radical (unpaired) electrons. The van der Waals surface area contributed by atoms with Crippen LogP contribution in [0.1, 0.15) is 26.7 Å². The van der Waals surface area contributed by atoms with Crippen LogP contribution in [0.3, 0.4) is 0 Å². The molecule has 0 amide bonds. The lowest BCUT2D eigenvalue weighted by atomic mass is 10.0. The highest BCUT2D eigenvalue weighted by atomic mass is 16.5. The Kier molecular flexibility index (Phi) is 3.34. The van der Waals surface area contributed by atoms with Crippen molar-refractivity contribution in [1.29, 1.82) is 0 Å². The lowest BCUT2D eigenvalue weighted by Gasteiger charge is -2.38. The predicted molar refractivity (Wildman–Crippen MR) is 46.7 cm³/mol. The fourth-order valence-electron chi connectivity index (χ4n) is 1.87. The Bertz CT molecular complexity index is 116. The lowest BCUT2D eigenvalue weighted by Crippen LogP contribution is -2.48. The summed E-state index contributed by atoms with van der Waals surface area (Å²) in [5.74, 6) is 0. The molecule has 2 unspecified atom stereocenters. The Labute approximate surface area is 69.5 Å². The van der Waals surface area contributed by atoms with Gasteiger partial charge < -0.3 is 4.74 Å². The van der Waals surface area contributed by atoms with E-state index in [4.69, 9.17) is 4.74 Å². The van der Waals surface area contributed by atoms with Gasteiger partial charge in [0, 0.05) is 12.6 Å². The van der Waals surface area contributed by atoms with Gasteiger partial charge in [-0.25, -0.2) is 0 Å². The number of likely N-dealkylation sites (N-methyl/N-ethyl adjacent to an activating group) is 1. The number of hydrogen-bond donors (Lipinski definition) is 0. The van der Waals surface area contributed by atoms with E-state index in [0.717, 1.165) is 19.6 Å². The summed E-state index contributed by atoms with van der Waals surface area (Å²) >= 11 is 0. The Morgan fingerprint density at radius 1 is 1.36 bits per heavy atom. The van der Waals surface area contributed by atoms with E-state index in [0.29, 0.717) is 12.1 Å². The Morgan fingerprint density at radius 3 is 2.55 bits per heavy atom. The second-order valence-electron chi connectivity index (χ2n) is 3.27. The highest BCUT2D eigenvalue weighted by Crippen LogP contribution is 2.17. The molecule has 1 rings (SSSR count). The molecule has 2 nitrogen and oxygen atoms in total. The molecule has 1 fully saturated rings. The van der Waals surface area contributed by atoms with Crippen molar-refractivity contribution in [2.75, 3.05) is 20.2 Å². The highest BCUT2D eigenvalue weighted by Gasteiger charge is 2.26. The van der Waals surface area contributed by atoms with E-state index in [1.165, 1.54) is 6.42 Å². The van der Waals surface area contributed by atoms with Crippen LogP contribution in [-0.2, 0) is 4.74 Å². The molecule has 0 aromatic carbocycles. The van der Waals surface area contributed by atoms with Crippen molar-refractivity contribution in [3.63, 3.8) is 0 Å². The van der Waals surface area contributed by atoms with Gasteiger partial charge in [-0.05, 0) is 19.9 Å². The maximum atomic E-state index is 5.66. The Morgan fingerprint density at radius 2 is 2.09 bits per heavy atom. The van der Waals surface area contributed by atoms with Crippen molar-refractivity contribution in [1.82, 2.24) is 4.90 Å². The predicted octanol–water partition coefficient (Wildman–Crippen LogP) is 1.51. The van der Waals surface area contributed by atoms with Crippen molar-refractivity contribution >= 4 is 0 Å². The average molecular weight is 157 g/mol. The normalized spacial score (nSPS) is 34.1. The largest absolute Gasteiger partial charge is 0.375 e. The number of morpholine rings is 1. The molecule has 0 aliphatic carbocycles. The van der Waals surface area contributed by atoms with Gasteiger partial charge in [-0.15, -0.1) is 0 Å². The van der Waals surface area contributed by atoms with Gasteiger partial charge in [-0.1, -0.05) is 13.8 Å². The van der Waals surface area contributed by atoms with Crippen LogP contribution in [0.2, 0.25) is 0 Å². The Hall–Kier alpha value is -0.0800. The third kappa shape index (κ3) is 1.94. The van der Waals surface area contributed by atoms with Gasteiger partial charge in [0.1, 0.15) is 0 Å². The molecule has 0 bridgehead atoms. The van der Waals surface area contributed by atoms with Crippen LogP contribution in [0, 0.1) is 0 Å². The topological polar surface area (TPSA) is 12.5 Å². The van der Waals surface area contributed by atoms with Gasteiger partial charge in [0.15, 0.2) is 0 Å². The summed E-state index contributed by atoms with van der Waals surface area (Å²) in [5, 5.41) is 0. The summed E-state index contributed by atoms with van der Waals surface area (Å²) in [6, 6.07) is 0.647. The molecule has 0 N–H and O–H groups in total. The van der Waals surface area contributed by atoms with E-state index in [2.05, 4.69) is 25.8 Å². The molecule has 1 heterocycles. The third-order valence-corrected chi connectivity index (χ3v) is 2.59. The minimum atomic E-state index is 0.471. The average Bonchev–Trinajstić information content (AvgIpc) is 2.04. The lowest BCUT2D eigenvalue weighted by molar-refractivity contribution is -0.0634. The SMILES string of the molecule is CCC1OCCN(C)C1CC. The zero-order chi connectivity index (χ0) is 8.27. The van der Waals surface area contributed by atoms with Crippen molar-refractivity contribution in [2.45, 2.75) is 38.8 Å². The third-order valence-electron chi connectivity index (χ3n) is 2.59. The molecule has 0 saturated carbocycles. The summed E-state index contributed by atoms with van der Waals surface area (Å²) in [7, 11) is 2.19. The molecule has 1 aliphatic rings. The summed E-state index contributed by atoms with van der Waals surface area (Å²) in [5.41, 5.74) is 0. The number of rotatable bonds is 2. The summed E-state index contributed by atoms with van der Waals surface area (Å²) in [6.45, 7) is 6.44. The van der Waals surface area contributed by atoms with Crippen LogP contribution >= 0.6 is 0 Å². The number of nitrogens with zero attached hydrogens (tertiary/aromatic N) is 1. The van der Waals surface area contributed by atoms with E-state index in [1.54, 1.807) is 0 Å². The summed E-state index contributed by atoms with van der Waals surface area (Å²) in [6.07, 6.45) is 2.82. The van der Waals surface area contributed by atoms with E-state index < -0.39 is 0 Å². The smallest absolute Gasteiger partial charge is 0.0728 e. The van der Waals surface area contributed by atoms with Crippen LogP contribution in [0.25, 0.3) is 0 Å². The molecule has 0 aromatic rings. The monoisotopic (exact) mass is 157 g/mol. The van der Waals surface area contributed by atoms with E-state index in [9.17, 15) is 0 Å². The molecule has 0 spiro atoms. The van der Waals surface area contributed by atoms with E-state index in [1.807, 2.05) is 0 Å². The standard InChI is InChI=1S/C9H19NO/c1-4-8-9(5-2)11-7-6-10(8)3/h8-9H,4-7H2,1-3H3. The fourth-order valence-corrected chi connectivity index (χ4v) is 1.87. The molecular formula is C9H19NO.